The topological polar surface area (TPSA) is 119 Å². The molecule has 0 radical (unpaired) electrons. The lowest BCUT2D eigenvalue weighted by Crippen LogP contribution is -2.40. The Kier molecular flexibility index (Phi) is 34.0. The van der Waals surface area contributed by atoms with Crippen LogP contribution in [0.1, 0.15) is 206 Å². The summed E-state index contributed by atoms with van der Waals surface area (Å²) in [5, 5.41) is 11.9. The van der Waals surface area contributed by atoms with Gasteiger partial charge in [-0.25, -0.2) is 4.79 Å². The molecule has 0 saturated carbocycles. The second kappa shape index (κ2) is 35.4. The number of carboxylic acid groups (broad SMARTS) is 1. The first-order valence-corrected chi connectivity index (χ1v) is 20.0. The van der Waals surface area contributed by atoms with E-state index in [0.29, 0.717) is 32.2 Å². The Hall–Kier alpha value is -1.89. The molecular formula is C40H76N2O5. The first-order chi connectivity index (χ1) is 22.9. The van der Waals surface area contributed by atoms with E-state index in [1.165, 1.54) is 109 Å². The zero-order chi connectivity index (χ0) is 34.6. The second-order valence-electron chi connectivity index (χ2n) is 13.7. The number of nitrogens with one attached hydrogen (secondary N) is 1. The SMILES string of the molecule is CCCCCCCCC/C=C\CCCCCCCCCC(=O)OC(CCCCCC)CCCCCCC(=O)NC(CCCN)C(=O)O. The molecule has 0 bridgehead atoms. The minimum absolute atomic E-state index is 0.00822. The Morgan fingerprint density at radius 2 is 1.04 bits per heavy atom. The van der Waals surface area contributed by atoms with E-state index in [-0.39, 0.29) is 18.0 Å². The lowest BCUT2D eigenvalue weighted by atomic mass is 10.0. The molecule has 7 nitrogen and oxygen atoms in total. The summed E-state index contributed by atoms with van der Waals surface area (Å²) in [6.45, 7) is 4.89. The van der Waals surface area contributed by atoms with Crippen molar-refractivity contribution in [2.75, 3.05) is 6.54 Å². The number of hydrogen-bond donors (Lipinski definition) is 3. The van der Waals surface area contributed by atoms with Crippen molar-refractivity contribution in [1.82, 2.24) is 5.32 Å². The zero-order valence-corrected chi connectivity index (χ0v) is 30.9. The van der Waals surface area contributed by atoms with Gasteiger partial charge in [0, 0.05) is 12.8 Å². The highest BCUT2D eigenvalue weighted by Crippen LogP contribution is 2.18. The molecule has 2 unspecified atom stereocenters. The van der Waals surface area contributed by atoms with Crippen molar-refractivity contribution in [3.05, 3.63) is 12.2 Å². The van der Waals surface area contributed by atoms with Crippen molar-refractivity contribution in [3.63, 3.8) is 0 Å². The van der Waals surface area contributed by atoms with Crippen LogP contribution in [0.4, 0.5) is 0 Å². The largest absolute Gasteiger partial charge is 0.480 e. The number of nitrogens with two attached hydrogens (primary N) is 1. The van der Waals surface area contributed by atoms with E-state index in [0.717, 1.165) is 57.8 Å². The van der Waals surface area contributed by atoms with E-state index in [1.54, 1.807) is 0 Å². The van der Waals surface area contributed by atoms with Crippen LogP contribution in [0, 0.1) is 0 Å². The molecule has 0 aliphatic carbocycles. The monoisotopic (exact) mass is 665 g/mol. The molecule has 0 saturated heterocycles. The number of hydrogen-bond acceptors (Lipinski definition) is 5. The molecule has 276 valence electrons. The molecule has 0 aromatic heterocycles. The third-order valence-corrected chi connectivity index (χ3v) is 9.08. The summed E-state index contributed by atoms with van der Waals surface area (Å²) < 4.78 is 5.93. The van der Waals surface area contributed by atoms with E-state index in [4.69, 9.17) is 10.5 Å². The summed E-state index contributed by atoms with van der Waals surface area (Å²) in [6, 6.07) is -0.860. The van der Waals surface area contributed by atoms with Crippen LogP contribution >= 0.6 is 0 Å². The van der Waals surface area contributed by atoms with Gasteiger partial charge >= 0.3 is 11.9 Å². The molecule has 0 aliphatic heterocycles. The highest BCUT2D eigenvalue weighted by molar-refractivity contribution is 5.83. The van der Waals surface area contributed by atoms with Crippen molar-refractivity contribution in [3.8, 4) is 0 Å². The average molecular weight is 665 g/mol. The number of esters is 1. The molecule has 0 aromatic rings. The predicted octanol–water partition coefficient (Wildman–Crippen LogP) is 10.7. The molecule has 4 N–H and O–H groups in total. The summed E-state index contributed by atoms with van der Waals surface area (Å²) >= 11 is 0. The molecular weight excluding hydrogens is 588 g/mol. The van der Waals surface area contributed by atoms with Crippen LogP contribution in [0.15, 0.2) is 12.2 Å². The Labute approximate surface area is 290 Å². The first-order valence-electron chi connectivity index (χ1n) is 20.0. The van der Waals surface area contributed by atoms with Crippen LogP contribution in [-0.2, 0) is 19.1 Å². The highest BCUT2D eigenvalue weighted by atomic mass is 16.5. The van der Waals surface area contributed by atoms with E-state index >= 15 is 0 Å². The number of carboxylic acids is 1. The van der Waals surface area contributed by atoms with Crippen LogP contribution in [0.25, 0.3) is 0 Å². The number of rotatable bonds is 36. The smallest absolute Gasteiger partial charge is 0.326 e. The third kappa shape index (κ3) is 32.4. The van der Waals surface area contributed by atoms with Gasteiger partial charge in [0.1, 0.15) is 12.1 Å². The number of ether oxygens (including phenoxy) is 1. The fraction of sp³-hybridized carbons (Fsp3) is 0.875. The maximum Gasteiger partial charge on any atom is 0.326 e. The normalized spacial score (nSPS) is 12.7. The van der Waals surface area contributed by atoms with Gasteiger partial charge in [-0.3, -0.25) is 9.59 Å². The number of carbonyl (C=O) groups is 3. The minimum Gasteiger partial charge on any atom is -0.480 e. The minimum atomic E-state index is -1.01. The predicted molar refractivity (Wildman–Crippen MR) is 197 cm³/mol. The van der Waals surface area contributed by atoms with Crippen LogP contribution in [0.3, 0.4) is 0 Å². The van der Waals surface area contributed by atoms with E-state index < -0.39 is 12.0 Å². The molecule has 0 aliphatic rings. The Morgan fingerprint density at radius 1 is 0.596 bits per heavy atom. The fourth-order valence-electron chi connectivity index (χ4n) is 6.03. The van der Waals surface area contributed by atoms with Gasteiger partial charge in [-0.05, 0) is 83.6 Å². The quantitative estimate of drug-likeness (QED) is 0.0348. The Bertz CT molecular complexity index is 757. The number of allylic oxidation sites excluding steroid dienone is 2. The molecule has 0 aromatic carbocycles. The average Bonchev–Trinajstić information content (AvgIpc) is 3.05. The summed E-state index contributed by atoms with van der Waals surface area (Å²) in [5.41, 5.74) is 5.46. The van der Waals surface area contributed by atoms with Crippen molar-refractivity contribution in [1.29, 1.82) is 0 Å². The fourth-order valence-corrected chi connectivity index (χ4v) is 6.03. The van der Waals surface area contributed by atoms with Crippen LogP contribution in [0.2, 0.25) is 0 Å². The van der Waals surface area contributed by atoms with Gasteiger partial charge in [-0.2, -0.15) is 0 Å². The van der Waals surface area contributed by atoms with Gasteiger partial charge in [0.15, 0.2) is 0 Å². The van der Waals surface area contributed by atoms with Gasteiger partial charge in [0.25, 0.3) is 0 Å². The highest BCUT2D eigenvalue weighted by Gasteiger charge is 2.19. The third-order valence-electron chi connectivity index (χ3n) is 9.08. The van der Waals surface area contributed by atoms with Gasteiger partial charge in [-0.1, -0.05) is 129 Å². The van der Waals surface area contributed by atoms with E-state index in [9.17, 15) is 19.5 Å². The molecule has 47 heavy (non-hydrogen) atoms. The molecule has 0 heterocycles. The van der Waals surface area contributed by atoms with Crippen molar-refractivity contribution >= 4 is 17.8 Å². The number of aliphatic carboxylic acids is 1. The molecule has 0 fully saturated rings. The van der Waals surface area contributed by atoms with Gasteiger partial charge in [-0.15, -0.1) is 0 Å². The van der Waals surface area contributed by atoms with E-state index in [2.05, 4.69) is 31.3 Å². The van der Waals surface area contributed by atoms with Crippen molar-refractivity contribution in [2.24, 2.45) is 5.73 Å². The maximum atomic E-state index is 12.6. The molecule has 1 amide bonds. The van der Waals surface area contributed by atoms with Gasteiger partial charge in [0.05, 0.1) is 0 Å². The number of unbranched alkanes of at least 4 members (excludes halogenated alkanes) is 20. The molecule has 0 rings (SSSR count). The lowest BCUT2D eigenvalue weighted by Gasteiger charge is -2.18. The van der Waals surface area contributed by atoms with Gasteiger partial charge in [0.2, 0.25) is 5.91 Å². The summed E-state index contributed by atoms with van der Waals surface area (Å²) in [7, 11) is 0. The molecule has 7 heteroatoms. The summed E-state index contributed by atoms with van der Waals surface area (Å²) in [5.74, 6) is -1.27. The number of amides is 1. The van der Waals surface area contributed by atoms with Crippen LogP contribution in [0.5, 0.6) is 0 Å². The van der Waals surface area contributed by atoms with Crippen LogP contribution < -0.4 is 11.1 Å². The Balaban J connectivity index is 3.97. The van der Waals surface area contributed by atoms with Gasteiger partial charge < -0.3 is 20.9 Å². The maximum absolute atomic E-state index is 12.6. The number of carbonyl (C=O) groups excluding carboxylic acids is 2. The molecule has 0 spiro atoms. The summed E-state index contributed by atoms with van der Waals surface area (Å²) in [4.78, 5) is 36.1. The second-order valence-corrected chi connectivity index (χ2v) is 13.7. The lowest BCUT2D eigenvalue weighted by molar-refractivity contribution is -0.150. The standard InChI is InChI=1S/C40H76N2O5/c1-3-5-7-9-10-11-12-13-14-15-16-17-18-19-20-21-22-28-34-39(44)47-36(30-25-8-6-4-2)31-26-23-24-27-33-38(43)42-37(40(45)46)32-29-35-41/h14-15,36-37H,3-13,16-35,41H2,1-2H3,(H,42,43)(H,45,46)/b15-14-. The van der Waals surface area contributed by atoms with Crippen molar-refractivity contribution < 1.29 is 24.2 Å². The molecule has 2 atom stereocenters. The Morgan fingerprint density at radius 3 is 1.55 bits per heavy atom. The zero-order valence-electron chi connectivity index (χ0n) is 30.9. The summed E-state index contributed by atoms with van der Waals surface area (Å²) in [6.07, 6.45) is 37.1. The van der Waals surface area contributed by atoms with Crippen LogP contribution in [-0.4, -0.2) is 41.6 Å². The first kappa shape index (κ1) is 45.1. The van der Waals surface area contributed by atoms with Crippen molar-refractivity contribution in [2.45, 2.75) is 219 Å². The van der Waals surface area contributed by atoms with E-state index in [1.807, 2.05) is 0 Å².